The maximum absolute atomic E-state index is 9.93. The third-order valence-electron chi connectivity index (χ3n) is 6.02. The molecule has 10 atom stereocenters. The Bertz CT molecular complexity index is 268. The minimum atomic E-state index is -0.0200. The lowest BCUT2D eigenvalue weighted by atomic mass is 9.41. The largest absolute Gasteiger partial charge is 0.393 e. The number of aliphatic hydroxyl groups excluding tert-OH is 2. The van der Waals surface area contributed by atoms with Gasteiger partial charge in [0.1, 0.15) is 0 Å². The van der Waals surface area contributed by atoms with Gasteiger partial charge in [0.25, 0.3) is 0 Å². The molecule has 2 heteroatoms. The number of rotatable bonds is 0. The normalized spacial score (nSPS) is 90.5. The van der Waals surface area contributed by atoms with Crippen molar-refractivity contribution in [2.24, 2.45) is 47.3 Å². The second-order valence-corrected chi connectivity index (χ2v) is 5.60. The average Bonchev–Trinajstić information content (AvgIpc) is 2.45. The molecule has 0 spiro atoms. The first-order chi connectivity index (χ1) is 5.82. The summed E-state index contributed by atoms with van der Waals surface area (Å²) in [4.78, 5) is 0. The smallest absolute Gasteiger partial charge is 0.0608 e. The van der Waals surface area contributed by atoms with Gasteiger partial charge in [0, 0.05) is 0 Å². The highest BCUT2D eigenvalue weighted by Gasteiger charge is 2.89. The van der Waals surface area contributed by atoms with E-state index in [1.165, 1.54) is 0 Å². The Morgan fingerprint density at radius 3 is 1.00 bits per heavy atom. The van der Waals surface area contributed by atoms with Crippen molar-refractivity contribution >= 4 is 0 Å². The van der Waals surface area contributed by atoms with Crippen LogP contribution in [0.3, 0.4) is 0 Å². The molecule has 2 nitrogen and oxygen atoms in total. The van der Waals surface area contributed by atoms with Crippen molar-refractivity contribution in [3.8, 4) is 0 Å². The van der Waals surface area contributed by atoms with E-state index in [1.807, 2.05) is 0 Å². The van der Waals surface area contributed by atoms with Crippen molar-refractivity contribution in [1.29, 1.82) is 0 Å². The van der Waals surface area contributed by atoms with E-state index in [-0.39, 0.29) is 12.2 Å². The molecule has 0 aromatic carbocycles. The molecule has 2 N–H and O–H groups in total. The van der Waals surface area contributed by atoms with Crippen molar-refractivity contribution in [2.45, 2.75) is 12.2 Å². The SMILES string of the molecule is OC1C2C3C(O)C4C2C2C1C3C42. The summed E-state index contributed by atoms with van der Waals surface area (Å²) in [5.41, 5.74) is 0. The molecule has 12 heavy (non-hydrogen) atoms. The summed E-state index contributed by atoms with van der Waals surface area (Å²) < 4.78 is 0. The zero-order chi connectivity index (χ0) is 7.77. The van der Waals surface area contributed by atoms with E-state index in [4.69, 9.17) is 0 Å². The van der Waals surface area contributed by atoms with Gasteiger partial charge >= 0.3 is 0 Å². The van der Waals surface area contributed by atoms with E-state index >= 15 is 0 Å². The summed E-state index contributed by atoms with van der Waals surface area (Å²) >= 11 is 0. The van der Waals surface area contributed by atoms with Gasteiger partial charge in [-0.25, -0.2) is 0 Å². The predicted octanol–water partition coefficient (Wildman–Crippen LogP) is -0.294. The van der Waals surface area contributed by atoms with E-state index in [0.29, 0.717) is 23.7 Å². The Labute approximate surface area is 70.6 Å². The maximum Gasteiger partial charge on any atom is 0.0608 e. The summed E-state index contributed by atoms with van der Waals surface area (Å²) in [7, 11) is 0. The summed E-state index contributed by atoms with van der Waals surface area (Å²) in [5.74, 6) is 5.51. The zero-order valence-electron chi connectivity index (χ0n) is 6.67. The highest BCUT2D eigenvalue weighted by atomic mass is 16.3. The number of hydrogen-bond acceptors (Lipinski definition) is 2. The molecule has 0 saturated heterocycles. The predicted molar refractivity (Wildman–Crippen MR) is 39.9 cm³/mol. The Balaban J connectivity index is 1.83. The standard InChI is InChI=1S/C10H12O2/c11-9-5-1-2-4(5)8-7(9)3(1)6(2)10(8)12/h1-12H. The quantitative estimate of drug-likeness (QED) is 0.516. The molecule has 6 aliphatic rings. The summed E-state index contributed by atoms with van der Waals surface area (Å²) in [6.07, 6.45) is -0.0400. The highest BCUT2D eigenvalue weighted by molar-refractivity contribution is 5.36. The monoisotopic (exact) mass is 164 g/mol. The average molecular weight is 164 g/mol. The van der Waals surface area contributed by atoms with Crippen LogP contribution in [-0.2, 0) is 0 Å². The summed E-state index contributed by atoms with van der Waals surface area (Å²) in [5, 5.41) is 19.9. The zero-order valence-corrected chi connectivity index (χ0v) is 6.67. The molecule has 0 amide bonds. The van der Waals surface area contributed by atoms with Gasteiger partial charge in [0.05, 0.1) is 12.2 Å². The third kappa shape index (κ3) is 0.252. The van der Waals surface area contributed by atoms with Crippen LogP contribution in [0.25, 0.3) is 0 Å². The third-order valence-corrected chi connectivity index (χ3v) is 6.02. The second kappa shape index (κ2) is 1.20. The van der Waals surface area contributed by atoms with Crippen molar-refractivity contribution in [2.75, 3.05) is 0 Å². The van der Waals surface area contributed by atoms with Crippen LogP contribution in [0.2, 0.25) is 0 Å². The van der Waals surface area contributed by atoms with Crippen LogP contribution >= 0.6 is 0 Å². The van der Waals surface area contributed by atoms with E-state index in [9.17, 15) is 10.2 Å². The fourth-order valence-electron chi connectivity index (χ4n) is 6.15. The molecule has 0 aromatic rings. The van der Waals surface area contributed by atoms with Crippen molar-refractivity contribution in [3.05, 3.63) is 0 Å². The van der Waals surface area contributed by atoms with Crippen LogP contribution in [-0.4, -0.2) is 22.4 Å². The van der Waals surface area contributed by atoms with Crippen LogP contribution in [0, 0.1) is 47.3 Å². The molecule has 4 bridgehead atoms. The van der Waals surface area contributed by atoms with Crippen molar-refractivity contribution in [3.63, 3.8) is 0 Å². The minimum absolute atomic E-state index is 0.0200. The molecule has 10 unspecified atom stereocenters. The molecule has 0 aromatic heterocycles. The lowest BCUT2D eigenvalue weighted by Gasteiger charge is -2.63. The fourth-order valence-corrected chi connectivity index (χ4v) is 6.15. The van der Waals surface area contributed by atoms with E-state index in [0.717, 1.165) is 23.7 Å². The maximum atomic E-state index is 9.93. The second-order valence-electron chi connectivity index (χ2n) is 5.60. The highest BCUT2D eigenvalue weighted by Crippen LogP contribution is 2.88. The Kier molecular flexibility index (Phi) is 0.561. The molecule has 64 valence electrons. The summed E-state index contributed by atoms with van der Waals surface area (Å²) in [6, 6.07) is 0. The summed E-state index contributed by atoms with van der Waals surface area (Å²) in [6.45, 7) is 0. The van der Waals surface area contributed by atoms with Gasteiger partial charge in [0.2, 0.25) is 0 Å². The first-order valence-corrected chi connectivity index (χ1v) is 5.18. The molecule has 0 heterocycles. The Morgan fingerprint density at radius 2 is 0.667 bits per heavy atom. The van der Waals surface area contributed by atoms with Crippen LogP contribution in [0.15, 0.2) is 0 Å². The van der Waals surface area contributed by atoms with E-state index < -0.39 is 0 Å². The van der Waals surface area contributed by atoms with E-state index in [1.54, 1.807) is 0 Å². The van der Waals surface area contributed by atoms with Gasteiger partial charge in [0.15, 0.2) is 0 Å². The molecule has 6 rings (SSSR count). The first kappa shape index (κ1) is 5.61. The van der Waals surface area contributed by atoms with Gasteiger partial charge in [-0.05, 0) is 47.3 Å². The van der Waals surface area contributed by atoms with Gasteiger partial charge in [-0.2, -0.15) is 0 Å². The molecule has 0 radical (unpaired) electrons. The number of hydrogen-bond donors (Lipinski definition) is 2. The van der Waals surface area contributed by atoms with Gasteiger partial charge in [-0.1, -0.05) is 0 Å². The van der Waals surface area contributed by atoms with Crippen LogP contribution in [0.1, 0.15) is 0 Å². The van der Waals surface area contributed by atoms with Crippen molar-refractivity contribution < 1.29 is 10.2 Å². The van der Waals surface area contributed by atoms with Crippen molar-refractivity contribution in [1.82, 2.24) is 0 Å². The van der Waals surface area contributed by atoms with Crippen LogP contribution in [0.4, 0.5) is 0 Å². The number of aliphatic hydroxyl groups is 2. The molecule has 0 aliphatic heterocycles. The molecular weight excluding hydrogens is 152 g/mol. The molecule has 6 saturated carbocycles. The lowest BCUT2D eigenvalue weighted by Crippen LogP contribution is -2.61. The Hall–Kier alpha value is -0.0800. The van der Waals surface area contributed by atoms with Gasteiger partial charge < -0.3 is 10.2 Å². The molecule has 6 fully saturated rings. The molecular formula is C10H12O2. The Morgan fingerprint density at radius 1 is 0.417 bits per heavy atom. The fraction of sp³-hybridized carbons (Fsp3) is 1.00. The van der Waals surface area contributed by atoms with Gasteiger partial charge in [-0.15, -0.1) is 0 Å². The molecule has 6 aliphatic carbocycles. The first-order valence-electron chi connectivity index (χ1n) is 5.18. The van der Waals surface area contributed by atoms with Gasteiger partial charge in [-0.3, -0.25) is 0 Å². The van der Waals surface area contributed by atoms with E-state index in [2.05, 4.69) is 0 Å². The lowest BCUT2D eigenvalue weighted by molar-refractivity contribution is -0.176. The van der Waals surface area contributed by atoms with Crippen LogP contribution < -0.4 is 0 Å². The minimum Gasteiger partial charge on any atom is -0.393 e. The topological polar surface area (TPSA) is 40.5 Å². The van der Waals surface area contributed by atoms with Crippen LogP contribution in [0.5, 0.6) is 0 Å².